The van der Waals surface area contributed by atoms with Crippen LogP contribution in [0.2, 0.25) is 0 Å². The zero-order valence-electron chi connectivity index (χ0n) is 19.0. The summed E-state index contributed by atoms with van der Waals surface area (Å²) in [6, 6.07) is 6.71. The van der Waals surface area contributed by atoms with Crippen LogP contribution in [0, 0.1) is 6.92 Å². The molecule has 6 nitrogen and oxygen atoms in total. The van der Waals surface area contributed by atoms with Crippen molar-refractivity contribution in [3.05, 3.63) is 47.3 Å². The van der Waals surface area contributed by atoms with E-state index in [4.69, 9.17) is 15.2 Å². The smallest absolute Gasteiger partial charge is 0.416 e. The Morgan fingerprint density at radius 2 is 1.64 bits per heavy atom. The molecule has 1 aliphatic rings. The number of aromatic nitrogens is 2. The lowest BCUT2D eigenvalue weighted by atomic mass is 10.0. The molecule has 2 heterocycles. The predicted molar refractivity (Wildman–Crippen MR) is 122 cm³/mol. The minimum absolute atomic E-state index is 0.0160. The Morgan fingerprint density at radius 3 is 2.27 bits per heavy atom. The van der Waals surface area contributed by atoms with E-state index in [-0.39, 0.29) is 17.9 Å². The van der Waals surface area contributed by atoms with Gasteiger partial charge in [-0.2, -0.15) is 13.2 Å². The molecule has 0 saturated heterocycles. The van der Waals surface area contributed by atoms with Crippen LogP contribution in [-0.4, -0.2) is 22.2 Å². The van der Waals surface area contributed by atoms with Gasteiger partial charge in [-0.3, -0.25) is 0 Å². The van der Waals surface area contributed by atoms with E-state index in [0.717, 1.165) is 25.0 Å². The Balaban J connectivity index is 1.74. The van der Waals surface area contributed by atoms with Crippen molar-refractivity contribution in [3.63, 3.8) is 0 Å². The minimum Gasteiger partial charge on any atom is -0.487 e. The van der Waals surface area contributed by atoms with Gasteiger partial charge in [-0.15, -0.1) is 0 Å². The van der Waals surface area contributed by atoms with Crippen molar-refractivity contribution in [2.45, 2.75) is 65.0 Å². The third-order valence-electron chi connectivity index (χ3n) is 5.67. The largest absolute Gasteiger partial charge is 0.487 e. The molecule has 4 rings (SSSR count). The lowest BCUT2D eigenvalue weighted by molar-refractivity contribution is -0.137. The fraction of sp³-hybridized carbons (Fsp3) is 0.417. The minimum atomic E-state index is -4.48. The number of nitrogens with one attached hydrogen (secondary N) is 1. The molecule has 0 radical (unpaired) electrons. The number of alkyl halides is 3. The molecule has 9 heteroatoms. The Hall–Kier alpha value is -3.23. The van der Waals surface area contributed by atoms with E-state index in [1.54, 1.807) is 13.8 Å². The number of hydrogen-bond donors (Lipinski definition) is 2. The van der Waals surface area contributed by atoms with Crippen molar-refractivity contribution in [2.24, 2.45) is 0 Å². The van der Waals surface area contributed by atoms with Crippen LogP contribution in [0.25, 0.3) is 10.9 Å². The van der Waals surface area contributed by atoms with E-state index >= 15 is 0 Å². The monoisotopic (exact) mass is 460 g/mol. The summed E-state index contributed by atoms with van der Waals surface area (Å²) in [6.07, 6.45) is -2.68. The van der Waals surface area contributed by atoms with Crippen molar-refractivity contribution in [1.82, 2.24) is 9.97 Å². The topological polar surface area (TPSA) is 82.3 Å². The molecule has 0 bridgehead atoms. The Kier molecular flexibility index (Phi) is 5.99. The average molecular weight is 461 g/mol. The van der Waals surface area contributed by atoms with Gasteiger partial charge in [0.25, 0.3) is 0 Å². The van der Waals surface area contributed by atoms with Gasteiger partial charge in [0.15, 0.2) is 11.5 Å². The number of hydrogen-bond acceptors (Lipinski definition) is 6. The second-order valence-electron chi connectivity index (χ2n) is 8.62. The standard InChI is InChI=1S/C24H27F3N4O2/c1-12-5-6-13(2)33-22-11-20-19(10-21(22)32-12)23(31-15(4)30-20)29-14(3)16-7-17(24(25,26)27)9-18(28)8-16/h7-14H,5-6,28H2,1-4H3,(H,29,30,31)/t12?,13?,14-/m1/s1. The highest BCUT2D eigenvalue weighted by Crippen LogP contribution is 2.39. The number of fused-ring (bicyclic) bond motifs is 2. The maximum absolute atomic E-state index is 13.3. The lowest BCUT2D eigenvalue weighted by Gasteiger charge is -2.26. The lowest BCUT2D eigenvalue weighted by Crippen LogP contribution is -2.22. The second kappa shape index (κ2) is 8.61. The Morgan fingerprint density at radius 1 is 1.00 bits per heavy atom. The molecule has 0 spiro atoms. The summed E-state index contributed by atoms with van der Waals surface area (Å²) in [5.41, 5.74) is 6.07. The maximum atomic E-state index is 13.3. The number of anilines is 2. The van der Waals surface area contributed by atoms with E-state index in [1.165, 1.54) is 6.07 Å². The molecular formula is C24H27F3N4O2. The molecule has 1 aliphatic heterocycles. The van der Waals surface area contributed by atoms with Crippen LogP contribution < -0.4 is 20.5 Å². The number of ether oxygens (including phenoxy) is 2. The summed E-state index contributed by atoms with van der Waals surface area (Å²) < 4.78 is 51.9. The zero-order chi connectivity index (χ0) is 23.9. The van der Waals surface area contributed by atoms with Crippen molar-refractivity contribution in [3.8, 4) is 11.5 Å². The Labute approximate surface area is 190 Å². The fourth-order valence-corrected chi connectivity index (χ4v) is 3.95. The van der Waals surface area contributed by atoms with Crippen LogP contribution >= 0.6 is 0 Å². The first kappa shape index (κ1) is 22.9. The number of benzene rings is 2. The number of nitrogens with two attached hydrogens (primary N) is 1. The average Bonchev–Trinajstić information content (AvgIpc) is 2.71. The molecule has 2 unspecified atom stereocenters. The van der Waals surface area contributed by atoms with Gasteiger partial charge in [-0.25, -0.2) is 9.97 Å². The first-order chi connectivity index (χ1) is 15.5. The first-order valence-corrected chi connectivity index (χ1v) is 10.9. The molecule has 33 heavy (non-hydrogen) atoms. The molecule has 3 N–H and O–H groups in total. The van der Waals surface area contributed by atoms with Gasteiger partial charge >= 0.3 is 6.18 Å². The molecule has 1 aromatic heterocycles. The van der Waals surface area contributed by atoms with Gasteiger partial charge in [0.05, 0.1) is 29.3 Å². The van der Waals surface area contributed by atoms with Crippen molar-refractivity contribution in [2.75, 3.05) is 11.1 Å². The quantitative estimate of drug-likeness (QED) is 0.464. The van der Waals surface area contributed by atoms with Crippen molar-refractivity contribution in [1.29, 1.82) is 0 Å². The van der Waals surface area contributed by atoms with Gasteiger partial charge in [0.1, 0.15) is 11.6 Å². The van der Waals surface area contributed by atoms with E-state index in [9.17, 15) is 13.2 Å². The fourth-order valence-electron chi connectivity index (χ4n) is 3.95. The molecule has 0 saturated carbocycles. The number of halogens is 3. The molecule has 0 amide bonds. The first-order valence-electron chi connectivity index (χ1n) is 10.9. The SMILES string of the molecule is Cc1nc(N[C@H](C)c2cc(N)cc(C(F)(F)F)c2)c2cc3c(cc2n1)OC(C)CCC(C)O3. The summed E-state index contributed by atoms with van der Waals surface area (Å²) in [6.45, 7) is 7.55. The highest BCUT2D eigenvalue weighted by atomic mass is 19.4. The van der Waals surface area contributed by atoms with Crippen LogP contribution in [0.1, 0.15) is 56.6 Å². The molecule has 3 atom stereocenters. The molecule has 3 aromatic rings. The molecule has 176 valence electrons. The van der Waals surface area contributed by atoms with Crippen molar-refractivity contribution < 1.29 is 22.6 Å². The zero-order valence-corrected chi connectivity index (χ0v) is 19.0. The van der Waals surface area contributed by atoms with Crippen molar-refractivity contribution >= 4 is 22.4 Å². The molecule has 2 aromatic carbocycles. The van der Waals surface area contributed by atoms with Gasteiger partial charge in [0, 0.05) is 17.1 Å². The summed E-state index contributed by atoms with van der Waals surface area (Å²) in [4.78, 5) is 9.04. The summed E-state index contributed by atoms with van der Waals surface area (Å²) in [5, 5.41) is 3.92. The van der Waals surface area contributed by atoms with Crippen LogP contribution in [-0.2, 0) is 6.18 Å². The van der Waals surface area contributed by atoms with Gasteiger partial charge < -0.3 is 20.5 Å². The van der Waals surface area contributed by atoms with Crippen LogP contribution in [0.4, 0.5) is 24.7 Å². The summed E-state index contributed by atoms with van der Waals surface area (Å²) in [5.74, 6) is 2.22. The predicted octanol–water partition coefficient (Wildman–Crippen LogP) is 6.04. The maximum Gasteiger partial charge on any atom is 0.416 e. The van der Waals surface area contributed by atoms with Crippen LogP contribution in [0.15, 0.2) is 30.3 Å². The number of rotatable bonds is 3. The summed E-state index contributed by atoms with van der Waals surface area (Å²) >= 11 is 0. The second-order valence-corrected chi connectivity index (χ2v) is 8.62. The molecule has 0 aliphatic carbocycles. The third kappa shape index (κ3) is 5.07. The van der Waals surface area contributed by atoms with Gasteiger partial charge in [-0.1, -0.05) is 0 Å². The molecule has 0 fully saturated rings. The van der Waals surface area contributed by atoms with Crippen LogP contribution in [0.5, 0.6) is 11.5 Å². The van der Waals surface area contributed by atoms with Gasteiger partial charge in [0.2, 0.25) is 0 Å². The number of aryl methyl sites for hydroxylation is 1. The van der Waals surface area contributed by atoms with Gasteiger partial charge in [-0.05, 0) is 70.4 Å². The highest BCUT2D eigenvalue weighted by Gasteiger charge is 2.31. The Bertz CT molecular complexity index is 1180. The number of nitrogen functional groups attached to an aromatic ring is 1. The normalized spacial score (nSPS) is 19.6. The highest BCUT2D eigenvalue weighted by molar-refractivity contribution is 5.92. The third-order valence-corrected chi connectivity index (χ3v) is 5.67. The van der Waals surface area contributed by atoms with E-state index in [0.29, 0.717) is 39.6 Å². The molecular weight excluding hydrogens is 433 g/mol. The van der Waals surface area contributed by atoms with Crippen LogP contribution in [0.3, 0.4) is 0 Å². The summed E-state index contributed by atoms with van der Waals surface area (Å²) in [7, 11) is 0. The van der Waals surface area contributed by atoms with E-state index in [2.05, 4.69) is 15.3 Å². The number of nitrogens with zero attached hydrogens (tertiary/aromatic N) is 2. The van der Waals surface area contributed by atoms with E-state index in [1.807, 2.05) is 26.0 Å². The van der Waals surface area contributed by atoms with E-state index < -0.39 is 17.8 Å².